The van der Waals surface area contributed by atoms with E-state index in [4.69, 9.17) is 4.52 Å². The van der Waals surface area contributed by atoms with Gasteiger partial charge in [0.15, 0.2) is 9.84 Å². The van der Waals surface area contributed by atoms with Gasteiger partial charge in [-0.1, -0.05) is 35.0 Å². The lowest BCUT2D eigenvalue weighted by molar-refractivity contribution is -0.116. The molecule has 3 aromatic rings. The Kier molecular flexibility index (Phi) is 5.36. The first-order valence-electron chi connectivity index (χ1n) is 8.31. The van der Waals surface area contributed by atoms with Crippen molar-refractivity contribution in [2.45, 2.75) is 24.7 Å². The van der Waals surface area contributed by atoms with Crippen molar-refractivity contribution in [2.75, 3.05) is 11.6 Å². The van der Waals surface area contributed by atoms with Gasteiger partial charge < -0.3 is 9.84 Å². The Bertz CT molecular complexity index is 1040. The lowest BCUT2D eigenvalue weighted by Gasteiger charge is -2.05. The molecule has 0 spiro atoms. The standard InChI is InChI=1S/C19H19N3O4S/c1-13-3-5-14(6-4-13)19-21-18(26-22-19)12-11-17(23)20-15-7-9-16(10-8-15)27(2,24)25/h3-10H,11-12H2,1-2H3,(H,20,23). The average Bonchev–Trinajstić information content (AvgIpc) is 3.09. The number of sulfone groups is 1. The summed E-state index contributed by atoms with van der Waals surface area (Å²) < 4.78 is 28.1. The van der Waals surface area contributed by atoms with Crippen molar-refractivity contribution in [3.8, 4) is 11.4 Å². The van der Waals surface area contributed by atoms with E-state index >= 15 is 0 Å². The fourth-order valence-corrected chi connectivity index (χ4v) is 3.04. The van der Waals surface area contributed by atoms with Crippen LogP contribution in [0.2, 0.25) is 0 Å². The Morgan fingerprint density at radius 3 is 2.37 bits per heavy atom. The summed E-state index contributed by atoms with van der Waals surface area (Å²) in [4.78, 5) is 16.6. The fourth-order valence-electron chi connectivity index (χ4n) is 2.41. The van der Waals surface area contributed by atoms with Crippen molar-refractivity contribution in [3.63, 3.8) is 0 Å². The highest BCUT2D eigenvalue weighted by molar-refractivity contribution is 7.90. The summed E-state index contributed by atoms with van der Waals surface area (Å²) in [6.45, 7) is 2.00. The predicted molar refractivity (Wildman–Crippen MR) is 101 cm³/mol. The Labute approximate surface area is 157 Å². The Morgan fingerprint density at radius 2 is 1.74 bits per heavy atom. The van der Waals surface area contributed by atoms with Crippen LogP contribution < -0.4 is 5.32 Å². The second-order valence-electron chi connectivity index (χ2n) is 6.22. The number of carbonyl (C=O) groups is 1. The van der Waals surface area contributed by atoms with Gasteiger partial charge >= 0.3 is 0 Å². The molecule has 27 heavy (non-hydrogen) atoms. The molecule has 3 rings (SSSR count). The zero-order chi connectivity index (χ0) is 19.4. The highest BCUT2D eigenvalue weighted by Gasteiger charge is 2.11. The lowest BCUT2D eigenvalue weighted by atomic mass is 10.1. The number of nitrogens with zero attached hydrogens (tertiary/aromatic N) is 2. The van der Waals surface area contributed by atoms with Gasteiger partial charge in [0.25, 0.3) is 0 Å². The third kappa shape index (κ3) is 5.01. The van der Waals surface area contributed by atoms with Crippen LogP contribution >= 0.6 is 0 Å². The van der Waals surface area contributed by atoms with Crippen LogP contribution in [-0.4, -0.2) is 30.7 Å². The van der Waals surface area contributed by atoms with E-state index in [1.54, 1.807) is 12.1 Å². The molecule has 0 unspecified atom stereocenters. The van der Waals surface area contributed by atoms with Gasteiger partial charge in [0.1, 0.15) is 0 Å². The van der Waals surface area contributed by atoms with Crippen LogP contribution in [0, 0.1) is 6.92 Å². The number of rotatable bonds is 6. The fraction of sp³-hybridized carbons (Fsp3) is 0.211. The van der Waals surface area contributed by atoms with E-state index in [0.717, 1.165) is 17.4 Å². The predicted octanol–water partition coefficient (Wildman–Crippen LogP) is 3.02. The van der Waals surface area contributed by atoms with Crippen LogP contribution in [0.4, 0.5) is 5.69 Å². The van der Waals surface area contributed by atoms with Gasteiger partial charge in [-0.15, -0.1) is 0 Å². The lowest BCUT2D eigenvalue weighted by Crippen LogP contribution is -2.12. The summed E-state index contributed by atoms with van der Waals surface area (Å²) in [5.41, 5.74) is 2.52. The third-order valence-corrected chi connectivity index (χ3v) is 5.04. The number of hydrogen-bond donors (Lipinski definition) is 1. The summed E-state index contributed by atoms with van der Waals surface area (Å²) >= 11 is 0. The van der Waals surface area contributed by atoms with Gasteiger partial charge in [-0.25, -0.2) is 8.42 Å². The minimum absolute atomic E-state index is 0.170. The van der Waals surface area contributed by atoms with Crippen LogP contribution in [0.5, 0.6) is 0 Å². The molecular formula is C19H19N3O4S. The maximum absolute atomic E-state index is 12.1. The van der Waals surface area contributed by atoms with E-state index in [0.29, 0.717) is 23.8 Å². The number of carbonyl (C=O) groups excluding carboxylic acids is 1. The molecule has 0 saturated carbocycles. The quantitative estimate of drug-likeness (QED) is 0.700. The molecule has 1 N–H and O–H groups in total. The van der Waals surface area contributed by atoms with Crippen molar-refractivity contribution in [1.82, 2.24) is 10.1 Å². The SMILES string of the molecule is Cc1ccc(-c2noc(CCC(=O)Nc3ccc(S(C)(=O)=O)cc3)n2)cc1. The summed E-state index contributed by atoms with van der Waals surface area (Å²) in [7, 11) is -3.26. The Hall–Kier alpha value is -3.00. The second kappa shape index (κ2) is 7.71. The van der Waals surface area contributed by atoms with Crippen molar-refractivity contribution >= 4 is 21.4 Å². The molecule has 1 heterocycles. The second-order valence-corrected chi connectivity index (χ2v) is 8.24. The van der Waals surface area contributed by atoms with Gasteiger partial charge in [-0.2, -0.15) is 4.98 Å². The number of aromatic nitrogens is 2. The molecule has 0 bridgehead atoms. The highest BCUT2D eigenvalue weighted by Crippen LogP contribution is 2.17. The van der Waals surface area contributed by atoms with Gasteiger partial charge in [0.2, 0.25) is 17.6 Å². The van der Waals surface area contributed by atoms with Crippen LogP contribution in [0.1, 0.15) is 17.9 Å². The maximum Gasteiger partial charge on any atom is 0.227 e. The van der Waals surface area contributed by atoms with E-state index in [1.807, 2.05) is 31.2 Å². The molecule has 1 aromatic heterocycles. The van der Waals surface area contributed by atoms with E-state index < -0.39 is 9.84 Å². The molecule has 1 amide bonds. The first kappa shape index (κ1) is 18.8. The number of benzene rings is 2. The molecule has 2 aromatic carbocycles. The van der Waals surface area contributed by atoms with Crippen LogP contribution in [0.15, 0.2) is 57.9 Å². The van der Waals surface area contributed by atoms with Crippen LogP contribution in [-0.2, 0) is 21.1 Å². The Morgan fingerprint density at radius 1 is 1.07 bits per heavy atom. The molecule has 7 nitrogen and oxygen atoms in total. The van der Waals surface area contributed by atoms with Gasteiger partial charge in [0, 0.05) is 30.3 Å². The molecule has 0 aliphatic heterocycles. The van der Waals surface area contributed by atoms with Gasteiger partial charge in [0.05, 0.1) is 4.90 Å². The van der Waals surface area contributed by atoms with Gasteiger partial charge in [-0.3, -0.25) is 4.79 Å². The average molecular weight is 385 g/mol. The van der Waals surface area contributed by atoms with Gasteiger partial charge in [-0.05, 0) is 31.2 Å². The third-order valence-electron chi connectivity index (χ3n) is 3.91. The minimum Gasteiger partial charge on any atom is -0.339 e. The maximum atomic E-state index is 12.1. The molecule has 0 saturated heterocycles. The first-order valence-corrected chi connectivity index (χ1v) is 10.2. The largest absolute Gasteiger partial charge is 0.339 e. The summed E-state index contributed by atoms with van der Waals surface area (Å²) in [6, 6.07) is 13.8. The zero-order valence-electron chi connectivity index (χ0n) is 15.0. The summed E-state index contributed by atoms with van der Waals surface area (Å²) in [5, 5.41) is 6.65. The molecule has 140 valence electrons. The van der Waals surface area contributed by atoms with Crippen molar-refractivity contribution in [3.05, 3.63) is 60.0 Å². The topological polar surface area (TPSA) is 102 Å². The zero-order valence-corrected chi connectivity index (χ0v) is 15.8. The number of nitrogens with one attached hydrogen (secondary N) is 1. The first-order chi connectivity index (χ1) is 12.8. The number of aryl methyl sites for hydroxylation is 2. The summed E-state index contributed by atoms with van der Waals surface area (Å²) in [5.74, 6) is 0.645. The molecular weight excluding hydrogens is 366 g/mol. The smallest absolute Gasteiger partial charge is 0.227 e. The minimum atomic E-state index is -3.26. The van der Waals surface area contributed by atoms with Crippen molar-refractivity contribution in [2.24, 2.45) is 0 Å². The molecule has 0 aliphatic rings. The van der Waals surface area contributed by atoms with Crippen molar-refractivity contribution < 1.29 is 17.7 Å². The molecule has 0 radical (unpaired) electrons. The van der Waals surface area contributed by atoms with Crippen LogP contribution in [0.3, 0.4) is 0 Å². The van der Waals surface area contributed by atoms with E-state index in [2.05, 4.69) is 15.5 Å². The Balaban J connectivity index is 1.56. The number of anilines is 1. The van der Waals surface area contributed by atoms with Crippen molar-refractivity contribution in [1.29, 1.82) is 0 Å². The normalized spacial score (nSPS) is 11.3. The van der Waals surface area contributed by atoms with E-state index in [1.165, 1.54) is 12.1 Å². The number of amides is 1. The number of hydrogen-bond acceptors (Lipinski definition) is 6. The molecule has 0 atom stereocenters. The molecule has 0 aliphatic carbocycles. The molecule has 0 fully saturated rings. The van der Waals surface area contributed by atoms with E-state index in [9.17, 15) is 13.2 Å². The highest BCUT2D eigenvalue weighted by atomic mass is 32.2. The summed E-state index contributed by atoms with van der Waals surface area (Å²) in [6.07, 6.45) is 1.62. The monoisotopic (exact) mass is 385 g/mol. The van der Waals surface area contributed by atoms with Crippen LogP contribution in [0.25, 0.3) is 11.4 Å². The van der Waals surface area contributed by atoms with E-state index in [-0.39, 0.29) is 17.2 Å². The molecule has 8 heteroatoms.